The van der Waals surface area contributed by atoms with Gasteiger partial charge in [0, 0.05) is 18.4 Å². The van der Waals surface area contributed by atoms with E-state index in [4.69, 9.17) is 5.10 Å². The topological polar surface area (TPSA) is 18.8 Å². The van der Waals surface area contributed by atoms with E-state index in [0.29, 0.717) is 0 Å². The van der Waals surface area contributed by atoms with Gasteiger partial charge in [0.1, 0.15) is 0 Å². The Balaban J connectivity index is 1.19. The molecule has 3 nitrogen and oxygen atoms in total. The van der Waals surface area contributed by atoms with Gasteiger partial charge in [0.25, 0.3) is 0 Å². The molecule has 6 aromatic carbocycles. The zero-order valence-electron chi connectivity index (χ0n) is 24.2. The van der Waals surface area contributed by atoms with Crippen molar-refractivity contribution in [2.75, 3.05) is 17.0 Å². The highest BCUT2D eigenvalue weighted by atomic mass is 15.5. The molecule has 0 aliphatic carbocycles. The van der Waals surface area contributed by atoms with Crippen molar-refractivity contribution in [3.05, 3.63) is 192 Å². The standard InChI is InChI=1S/C40H33N3/c1-42(36-26-22-32(23-27-36)30-40(34-14-6-2-7-15-34)35-16-8-3-9-17-35)37-28-24-33(25-29-37)31-41-43(38-18-10-4-11-19-38)39-20-12-5-13-21-39/h2-31H,1H3/b41-31+. The average Bonchev–Trinajstić information content (AvgIpc) is 3.09. The number of hydrogen-bond acceptors (Lipinski definition) is 3. The lowest BCUT2D eigenvalue weighted by atomic mass is 9.96. The monoisotopic (exact) mass is 555 g/mol. The van der Waals surface area contributed by atoms with Crippen LogP contribution < -0.4 is 9.91 Å². The van der Waals surface area contributed by atoms with Crippen molar-refractivity contribution in [1.82, 2.24) is 0 Å². The summed E-state index contributed by atoms with van der Waals surface area (Å²) in [7, 11) is 2.10. The van der Waals surface area contributed by atoms with E-state index in [1.807, 2.05) is 47.6 Å². The Kier molecular flexibility index (Phi) is 8.52. The van der Waals surface area contributed by atoms with Gasteiger partial charge in [-0.2, -0.15) is 5.10 Å². The molecule has 0 unspecified atom stereocenters. The molecule has 0 saturated heterocycles. The molecule has 0 spiro atoms. The summed E-state index contributed by atoms with van der Waals surface area (Å²) < 4.78 is 0. The molecule has 6 rings (SSSR count). The van der Waals surface area contributed by atoms with Crippen LogP contribution in [0.15, 0.2) is 175 Å². The molecule has 0 radical (unpaired) electrons. The van der Waals surface area contributed by atoms with Gasteiger partial charge in [-0.15, -0.1) is 0 Å². The highest BCUT2D eigenvalue weighted by molar-refractivity contribution is 5.91. The first-order valence-corrected chi connectivity index (χ1v) is 14.5. The molecule has 43 heavy (non-hydrogen) atoms. The van der Waals surface area contributed by atoms with Crippen molar-refractivity contribution < 1.29 is 0 Å². The minimum absolute atomic E-state index is 1.01. The van der Waals surface area contributed by atoms with Crippen molar-refractivity contribution >= 4 is 40.6 Å². The molecule has 0 saturated carbocycles. The Hall–Kier alpha value is -5.67. The van der Waals surface area contributed by atoms with Gasteiger partial charge in [-0.1, -0.05) is 121 Å². The number of hydrogen-bond donors (Lipinski definition) is 0. The predicted octanol–water partition coefficient (Wildman–Crippen LogP) is 10.2. The number of para-hydroxylation sites is 2. The molecule has 0 fully saturated rings. The van der Waals surface area contributed by atoms with E-state index in [9.17, 15) is 0 Å². The second kappa shape index (κ2) is 13.3. The third-order valence-corrected chi connectivity index (χ3v) is 7.37. The first-order chi connectivity index (χ1) is 21.2. The van der Waals surface area contributed by atoms with Crippen LogP contribution in [0.1, 0.15) is 22.3 Å². The predicted molar refractivity (Wildman–Crippen MR) is 183 cm³/mol. The zero-order valence-corrected chi connectivity index (χ0v) is 24.2. The average molecular weight is 556 g/mol. The van der Waals surface area contributed by atoms with E-state index in [0.717, 1.165) is 33.9 Å². The Morgan fingerprint density at radius 1 is 0.442 bits per heavy atom. The van der Waals surface area contributed by atoms with Crippen LogP contribution in [0.5, 0.6) is 0 Å². The fourth-order valence-electron chi connectivity index (χ4n) is 5.01. The summed E-state index contributed by atoms with van der Waals surface area (Å²) in [5, 5.41) is 6.79. The van der Waals surface area contributed by atoms with Gasteiger partial charge in [0.05, 0.1) is 17.6 Å². The van der Waals surface area contributed by atoms with E-state index in [-0.39, 0.29) is 0 Å². The quantitative estimate of drug-likeness (QED) is 0.100. The summed E-state index contributed by atoms with van der Waals surface area (Å²) in [5.41, 5.74) is 10.1. The lowest BCUT2D eigenvalue weighted by molar-refractivity contribution is 1.09. The van der Waals surface area contributed by atoms with Crippen LogP contribution in [0.25, 0.3) is 11.6 Å². The molecule has 0 aliphatic rings. The van der Waals surface area contributed by atoms with Crippen LogP contribution in [-0.2, 0) is 0 Å². The summed E-state index contributed by atoms with van der Waals surface area (Å²) in [6.07, 6.45) is 4.17. The molecule has 0 aliphatic heterocycles. The Bertz CT molecular complexity index is 1700. The van der Waals surface area contributed by atoms with Crippen molar-refractivity contribution in [3.8, 4) is 0 Å². The fourth-order valence-corrected chi connectivity index (χ4v) is 5.01. The lowest BCUT2D eigenvalue weighted by Gasteiger charge is -2.20. The molecule has 0 atom stereocenters. The van der Waals surface area contributed by atoms with E-state index in [1.54, 1.807) is 0 Å². The molecular formula is C40H33N3. The van der Waals surface area contributed by atoms with Gasteiger partial charge in [-0.3, -0.25) is 0 Å². The number of anilines is 4. The second-order valence-corrected chi connectivity index (χ2v) is 10.3. The lowest BCUT2D eigenvalue weighted by Crippen LogP contribution is -2.10. The normalized spacial score (nSPS) is 10.8. The van der Waals surface area contributed by atoms with Crippen LogP contribution in [-0.4, -0.2) is 13.3 Å². The Labute approximate surface area is 254 Å². The Morgan fingerprint density at radius 3 is 1.28 bits per heavy atom. The van der Waals surface area contributed by atoms with Crippen LogP contribution in [0.3, 0.4) is 0 Å². The minimum Gasteiger partial charge on any atom is -0.345 e. The third kappa shape index (κ3) is 6.80. The smallest absolute Gasteiger partial charge is 0.0652 e. The van der Waals surface area contributed by atoms with E-state index in [2.05, 4.69) is 151 Å². The van der Waals surface area contributed by atoms with Gasteiger partial charge in [-0.25, -0.2) is 5.01 Å². The largest absolute Gasteiger partial charge is 0.345 e. The number of hydrazone groups is 1. The van der Waals surface area contributed by atoms with Gasteiger partial charge in [0.15, 0.2) is 0 Å². The van der Waals surface area contributed by atoms with Crippen LogP contribution in [0, 0.1) is 0 Å². The van der Waals surface area contributed by atoms with Crippen LogP contribution in [0.2, 0.25) is 0 Å². The van der Waals surface area contributed by atoms with Crippen molar-refractivity contribution in [1.29, 1.82) is 0 Å². The first kappa shape index (κ1) is 27.5. The van der Waals surface area contributed by atoms with Crippen molar-refractivity contribution in [3.63, 3.8) is 0 Å². The molecular weight excluding hydrogens is 522 g/mol. The molecule has 0 amide bonds. The molecule has 0 heterocycles. The maximum absolute atomic E-state index is 4.83. The van der Waals surface area contributed by atoms with Crippen LogP contribution >= 0.6 is 0 Å². The molecule has 208 valence electrons. The fraction of sp³-hybridized carbons (Fsp3) is 0.0250. The highest BCUT2D eigenvalue weighted by Crippen LogP contribution is 2.29. The van der Waals surface area contributed by atoms with E-state index < -0.39 is 0 Å². The van der Waals surface area contributed by atoms with Gasteiger partial charge < -0.3 is 4.90 Å². The minimum atomic E-state index is 1.01. The molecule has 0 N–H and O–H groups in total. The van der Waals surface area contributed by atoms with Gasteiger partial charge >= 0.3 is 0 Å². The zero-order chi connectivity index (χ0) is 29.3. The highest BCUT2D eigenvalue weighted by Gasteiger charge is 2.09. The summed E-state index contributed by atoms with van der Waals surface area (Å²) >= 11 is 0. The summed E-state index contributed by atoms with van der Waals surface area (Å²) in [6, 6.07) is 58.7. The summed E-state index contributed by atoms with van der Waals surface area (Å²) in [5.74, 6) is 0. The summed E-state index contributed by atoms with van der Waals surface area (Å²) in [6.45, 7) is 0. The summed E-state index contributed by atoms with van der Waals surface area (Å²) in [4.78, 5) is 2.20. The van der Waals surface area contributed by atoms with Crippen LogP contribution in [0.4, 0.5) is 22.7 Å². The molecule has 6 aromatic rings. The third-order valence-electron chi connectivity index (χ3n) is 7.37. The van der Waals surface area contributed by atoms with E-state index >= 15 is 0 Å². The SMILES string of the molecule is CN(c1ccc(C=C(c2ccccc2)c2ccccc2)cc1)c1ccc(/C=N/N(c2ccccc2)c2ccccc2)cc1. The maximum atomic E-state index is 4.83. The number of nitrogens with zero attached hydrogens (tertiary/aromatic N) is 3. The molecule has 3 heteroatoms. The second-order valence-electron chi connectivity index (χ2n) is 10.3. The molecule has 0 bridgehead atoms. The van der Waals surface area contributed by atoms with Gasteiger partial charge in [0.2, 0.25) is 0 Å². The number of benzene rings is 6. The Morgan fingerprint density at radius 2 is 0.837 bits per heavy atom. The van der Waals surface area contributed by atoms with Crippen molar-refractivity contribution in [2.24, 2.45) is 5.10 Å². The van der Waals surface area contributed by atoms with E-state index in [1.165, 1.54) is 16.7 Å². The van der Waals surface area contributed by atoms with Crippen molar-refractivity contribution in [2.45, 2.75) is 0 Å². The first-order valence-electron chi connectivity index (χ1n) is 14.5. The van der Waals surface area contributed by atoms with Gasteiger partial charge in [-0.05, 0) is 82.4 Å². The maximum Gasteiger partial charge on any atom is 0.0652 e. The molecule has 0 aromatic heterocycles. The number of rotatable bonds is 9.